The predicted molar refractivity (Wildman–Crippen MR) is 51.3 cm³/mol. The smallest absolute Gasteiger partial charge is 0.140 e. The third-order valence-electron chi connectivity index (χ3n) is 2.23. The maximum absolute atomic E-state index is 9.10. The molecule has 3 heteroatoms. The summed E-state index contributed by atoms with van der Waals surface area (Å²) in [6, 6.07) is 3.88. The van der Waals surface area contributed by atoms with E-state index in [-0.39, 0.29) is 6.61 Å². The number of aliphatic hydroxyl groups is 1. The van der Waals surface area contributed by atoms with E-state index >= 15 is 0 Å². The highest BCUT2D eigenvalue weighted by molar-refractivity contribution is 5.80. The molecule has 2 aromatic rings. The highest BCUT2D eigenvalue weighted by Gasteiger charge is 2.05. The summed E-state index contributed by atoms with van der Waals surface area (Å²) in [7, 11) is 0. The largest absolute Gasteiger partial charge is 0.392 e. The third kappa shape index (κ3) is 1.21. The Morgan fingerprint density at radius 1 is 1.54 bits per heavy atom. The number of rotatable bonds is 2. The lowest BCUT2D eigenvalue weighted by atomic mass is 10.2. The van der Waals surface area contributed by atoms with Crippen LogP contribution in [0, 0.1) is 0 Å². The van der Waals surface area contributed by atoms with E-state index in [1.807, 2.05) is 22.9 Å². The van der Waals surface area contributed by atoms with Gasteiger partial charge in [-0.15, -0.1) is 0 Å². The van der Waals surface area contributed by atoms with Gasteiger partial charge < -0.3 is 9.67 Å². The van der Waals surface area contributed by atoms with Crippen molar-refractivity contribution >= 4 is 11.0 Å². The monoisotopic (exact) mass is 176 g/mol. The lowest BCUT2D eigenvalue weighted by Gasteiger charge is -1.96. The van der Waals surface area contributed by atoms with E-state index in [9.17, 15) is 0 Å². The molecule has 0 saturated heterocycles. The molecule has 13 heavy (non-hydrogen) atoms. The molecule has 0 amide bonds. The Morgan fingerprint density at radius 3 is 3.08 bits per heavy atom. The van der Waals surface area contributed by atoms with Gasteiger partial charge in [0.2, 0.25) is 0 Å². The van der Waals surface area contributed by atoms with Crippen LogP contribution in [0.5, 0.6) is 0 Å². The fraction of sp³-hybridized carbons (Fsp3) is 0.300. The van der Waals surface area contributed by atoms with Crippen molar-refractivity contribution in [1.29, 1.82) is 0 Å². The van der Waals surface area contributed by atoms with Crippen molar-refractivity contribution in [1.82, 2.24) is 9.55 Å². The Balaban J connectivity index is 2.74. The molecule has 2 aromatic heterocycles. The van der Waals surface area contributed by atoms with Crippen molar-refractivity contribution in [2.45, 2.75) is 20.1 Å². The fourth-order valence-electron chi connectivity index (χ4n) is 1.56. The minimum atomic E-state index is 0.0786. The number of aryl methyl sites for hydroxylation is 1. The van der Waals surface area contributed by atoms with Gasteiger partial charge in [0.15, 0.2) is 0 Å². The van der Waals surface area contributed by atoms with Gasteiger partial charge in [-0.25, -0.2) is 4.98 Å². The van der Waals surface area contributed by atoms with E-state index < -0.39 is 0 Å². The first-order valence-corrected chi connectivity index (χ1v) is 4.40. The average molecular weight is 176 g/mol. The van der Waals surface area contributed by atoms with Crippen molar-refractivity contribution in [3.63, 3.8) is 0 Å². The molecular weight excluding hydrogens is 164 g/mol. The van der Waals surface area contributed by atoms with Crippen LogP contribution in [0.4, 0.5) is 0 Å². The second kappa shape index (κ2) is 3.18. The summed E-state index contributed by atoms with van der Waals surface area (Å²) in [6.07, 6.45) is 3.73. The molecule has 2 heterocycles. The second-order valence-electron chi connectivity index (χ2n) is 2.97. The Hall–Kier alpha value is -1.35. The normalized spacial score (nSPS) is 10.9. The summed E-state index contributed by atoms with van der Waals surface area (Å²) in [6.45, 7) is 3.03. The van der Waals surface area contributed by atoms with Crippen molar-refractivity contribution in [2.24, 2.45) is 0 Å². The van der Waals surface area contributed by atoms with Gasteiger partial charge in [0.05, 0.1) is 6.61 Å². The minimum absolute atomic E-state index is 0.0786. The van der Waals surface area contributed by atoms with Gasteiger partial charge in [0.1, 0.15) is 5.65 Å². The maximum Gasteiger partial charge on any atom is 0.140 e. The van der Waals surface area contributed by atoms with Crippen LogP contribution in [-0.2, 0) is 13.2 Å². The molecule has 0 atom stereocenters. The highest BCUT2D eigenvalue weighted by Crippen LogP contribution is 2.18. The molecule has 1 N–H and O–H groups in total. The van der Waals surface area contributed by atoms with Gasteiger partial charge >= 0.3 is 0 Å². The zero-order valence-electron chi connectivity index (χ0n) is 7.57. The molecule has 0 aromatic carbocycles. The van der Waals surface area contributed by atoms with Crippen LogP contribution >= 0.6 is 0 Å². The molecule has 0 bridgehead atoms. The standard InChI is InChI=1S/C10H12N2O/c1-2-12-6-8(7-13)9-4-3-5-11-10(9)12/h3-6,13H,2,7H2,1H3. The van der Waals surface area contributed by atoms with Crippen molar-refractivity contribution in [3.05, 3.63) is 30.1 Å². The van der Waals surface area contributed by atoms with Crippen LogP contribution < -0.4 is 0 Å². The Bertz CT molecular complexity index is 382. The topological polar surface area (TPSA) is 38.0 Å². The van der Waals surface area contributed by atoms with Gasteiger partial charge in [-0.3, -0.25) is 0 Å². The van der Waals surface area contributed by atoms with E-state index in [1.54, 1.807) is 6.20 Å². The van der Waals surface area contributed by atoms with Gasteiger partial charge in [0, 0.05) is 29.9 Å². The SMILES string of the molecule is CCn1cc(CO)c2cccnc21. The Kier molecular flexibility index (Phi) is 2.02. The number of fused-ring (bicyclic) bond motifs is 1. The first-order chi connectivity index (χ1) is 6.36. The van der Waals surface area contributed by atoms with Gasteiger partial charge in [-0.2, -0.15) is 0 Å². The highest BCUT2D eigenvalue weighted by atomic mass is 16.3. The molecule has 0 saturated carbocycles. The van der Waals surface area contributed by atoms with Gasteiger partial charge in [-0.05, 0) is 19.1 Å². The Labute approximate surface area is 76.6 Å². The summed E-state index contributed by atoms with van der Waals surface area (Å²) < 4.78 is 2.04. The maximum atomic E-state index is 9.10. The summed E-state index contributed by atoms with van der Waals surface area (Å²) >= 11 is 0. The molecule has 0 fully saturated rings. The predicted octanol–water partition coefficient (Wildman–Crippen LogP) is 1.55. The quantitative estimate of drug-likeness (QED) is 0.753. The molecule has 0 spiro atoms. The van der Waals surface area contributed by atoms with E-state index in [0.717, 1.165) is 23.1 Å². The fourth-order valence-corrected chi connectivity index (χ4v) is 1.56. The lowest BCUT2D eigenvalue weighted by Crippen LogP contribution is -1.92. The molecule has 2 rings (SSSR count). The molecule has 0 radical (unpaired) electrons. The van der Waals surface area contributed by atoms with Crippen LogP contribution in [0.2, 0.25) is 0 Å². The number of pyridine rings is 1. The first-order valence-electron chi connectivity index (χ1n) is 4.40. The summed E-state index contributed by atoms with van der Waals surface area (Å²) in [4.78, 5) is 4.27. The number of aliphatic hydroxyl groups excluding tert-OH is 1. The van der Waals surface area contributed by atoms with E-state index in [1.165, 1.54) is 0 Å². The van der Waals surface area contributed by atoms with Crippen LogP contribution in [0.1, 0.15) is 12.5 Å². The first kappa shape index (κ1) is 8.26. The molecular formula is C10H12N2O. The third-order valence-corrected chi connectivity index (χ3v) is 2.23. The molecule has 0 unspecified atom stereocenters. The summed E-state index contributed by atoms with van der Waals surface area (Å²) in [5.41, 5.74) is 1.90. The molecule has 0 aliphatic rings. The van der Waals surface area contributed by atoms with Crippen LogP contribution in [-0.4, -0.2) is 14.7 Å². The number of hydrogen-bond acceptors (Lipinski definition) is 2. The zero-order chi connectivity index (χ0) is 9.26. The Morgan fingerprint density at radius 2 is 2.38 bits per heavy atom. The lowest BCUT2D eigenvalue weighted by molar-refractivity contribution is 0.283. The van der Waals surface area contributed by atoms with E-state index in [4.69, 9.17) is 5.11 Å². The van der Waals surface area contributed by atoms with E-state index in [2.05, 4.69) is 11.9 Å². The molecule has 0 aliphatic carbocycles. The average Bonchev–Trinajstić information content (AvgIpc) is 2.56. The molecule has 68 valence electrons. The number of aromatic nitrogens is 2. The zero-order valence-corrected chi connectivity index (χ0v) is 7.57. The van der Waals surface area contributed by atoms with Crippen molar-refractivity contribution in [3.8, 4) is 0 Å². The second-order valence-corrected chi connectivity index (χ2v) is 2.97. The summed E-state index contributed by atoms with van der Waals surface area (Å²) in [5, 5.41) is 10.2. The number of hydrogen-bond donors (Lipinski definition) is 1. The molecule has 0 aliphatic heterocycles. The van der Waals surface area contributed by atoms with Crippen LogP contribution in [0.25, 0.3) is 11.0 Å². The number of nitrogens with zero attached hydrogens (tertiary/aromatic N) is 2. The van der Waals surface area contributed by atoms with Crippen LogP contribution in [0.3, 0.4) is 0 Å². The minimum Gasteiger partial charge on any atom is -0.392 e. The van der Waals surface area contributed by atoms with Crippen molar-refractivity contribution in [2.75, 3.05) is 0 Å². The van der Waals surface area contributed by atoms with Crippen LogP contribution in [0.15, 0.2) is 24.5 Å². The van der Waals surface area contributed by atoms with E-state index in [0.29, 0.717) is 0 Å². The van der Waals surface area contributed by atoms with Gasteiger partial charge in [0.25, 0.3) is 0 Å². The molecule has 3 nitrogen and oxygen atoms in total. The summed E-state index contributed by atoms with van der Waals surface area (Å²) in [5.74, 6) is 0. The van der Waals surface area contributed by atoms with Crippen molar-refractivity contribution < 1.29 is 5.11 Å². The van der Waals surface area contributed by atoms with Gasteiger partial charge in [-0.1, -0.05) is 0 Å².